The van der Waals surface area contributed by atoms with E-state index in [0.29, 0.717) is 51.8 Å². The van der Waals surface area contributed by atoms with Crippen LogP contribution >= 0.6 is 0 Å². The first-order valence-corrected chi connectivity index (χ1v) is 8.42. The molecule has 126 valence electrons. The number of ether oxygens (including phenoxy) is 4. The molecule has 0 bridgehead atoms. The first kappa shape index (κ1) is 18.8. The van der Waals surface area contributed by atoms with Gasteiger partial charge in [0.1, 0.15) is 0 Å². The van der Waals surface area contributed by atoms with Crippen LogP contribution in [0.4, 0.5) is 0 Å². The van der Waals surface area contributed by atoms with E-state index in [-0.39, 0.29) is 0 Å². The van der Waals surface area contributed by atoms with Crippen LogP contribution < -0.4 is 5.32 Å². The molecule has 0 aromatic rings. The standard InChI is InChI=1S/C16H33NO4/c1-3-4-8-18-9-10-19-11-12-20-13-14-21-16-6-5-7-17-15(16)2/h15-17H,3-14H2,1-2H3. The molecule has 2 unspecified atom stereocenters. The monoisotopic (exact) mass is 303 g/mol. The van der Waals surface area contributed by atoms with Gasteiger partial charge in [0.25, 0.3) is 0 Å². The van der Waals surface area contributed by atoms with E-state index in [1.54, 1.807) is 0 Å². The Morgan fingerprint density at radius 2 is 1.52 bits per heavy atom. The summed E-state index contributed by atoms with van der Waals surface area (Å²) in [5, 5.41) is 3.43. The topological polar surface area (TPSA) is 49.0 Å². The molecule has 5 nitrogen and oxygen atoms in total. The summed E-state index contributed by atoms with van der Waals surface area (Å²) in [5.74, 6) is 0. The van der Waals surface area contributed by atoms with Gasteiger partial charge in [0.05, 0.1) is 45.7 Å². The zero-order valence-electron chi connectivity index (χ0n) is 13.8. The van der Waals surface area contributed by atoms with E-state index in [4.69, 9.17) is 18.9 Å². The minimum Gasteiger partial charge on any atom is -0.379 e. The van der Waals surface area contributed by atoms with E-state index in [1.165, 1.54) is 12.8 Å². The number of rotatable bonds is 13. The second-order valence-corrected chi connectivity index (χ2v) is 5.48. The van der Waals surface area contributed by atoms with Crippen molar-refractivity contribution in [2.24, 2.45) is 0 Å². The molecule has 1 aliphatic heterocycles. The highest BCUT2D eigenvalue weighted by molar-refractivity contribution is 4.77. The maximum absolute atomic E-state index is 5.83. The Morgan fingerprint density at radius 3 is 2.14 bits per heavy atom. The largest absolute Gasteiger partial charge is 0.379 e. The maximum Gasteiger partial charge on any atom is 0.0726 e. The molecule has 1 fully saturated rings. The molecule has 1 N–H and O–H groups in total. The van der Waals surface area contributed by atoms with Gasteiger partial charge in [-0.2, -0.15) is 0 Å². The smallest absolute Gasteiger partial charge is 0.0726 e. The summed E-state index contributed by atoms with van der Waals surface area (Å²) < 4.78 is 22.2. The summed E-state index contributed by atoms with van der Waals surface area (Å²) >= 11 is 0. The van der Waals surface area contributed by atoms with Crippen LogP contribution in [-0.4, -0.2) is 64.9 Å². The van der Waals surface area contributed by atoms with Crippen LogP contribution in [-0.2, 0) is 18.9 Å². The third-order valence-corrected chi connectivity index (χ3v) is 3.64. The molecule has 0 aromatic heterocycles. The molecule has 0 saturated carbocycles. The zero-order chi connectivity index (χ0) is 15.2. The average Bonchev–Trinajstić information content (AvgIpc) is 2.50. The second-order valence-electron chi connectivity index (χ2n) is 5.48. The molecular weight excluding hydrogens is 270 g/mol. The van der Waals surface area contributed by atoms with Crippen molar-refractivity contribution in [3.8, 4) is 0 Å². The number of piperidine rings is 1. The number of hydrogen-bond acceptors (Lipinski definition) is 5. The lowest BCUT2D eigenvalue weighted by molar-refractivity contribution is -0.0337. The van der Waals surface area contributed by atoms with Crippen molar-refractivity contribution in [1.29, 1.82) is 0 Å². The van der Waals surface area contributed by atoms with E-state index >= 15 is 0 Å². The first-order chi connectivity index (χ1) is 10.3. The highest BCUT2D eigenvalue weighted by Crippen LogP contribution is 2.11. The quantitative estimate of drug-likeness (QED) is 0.527. The molecule has 0 spiro atoms. The van der Waals surface area contributed by atoms with Crippen molar-refractivity contribution < 1.29 is 18.9 Å². The third kappa shape index (κ3) is 10.2. The number of unbranched alkanes of at least 4 members (excludes halogenated alkanes) is 1. The van der Waals surface area contributed by atoms with Crippen molar-refractivity contribution in [3.05, 3.63) is 0 Å². The van der Waals surface area contributed by atoms with Crippen LogP contribution in [0.15, 0.2) is 0 Å². The average molecular weight is 303 g/mol. The molecule has 21 heavy (non-hydrogen) atoms. The van der Waals surface area contributed by atoms with Gasteiger partial charge in [-0.3, -0.25) is 0 Å². The lowest BCUT2D eigenvalue weighted by Gasteiger charge is -2.29. The fourth-order valence-electron chi connectivity index (χ4n) is 2.29. The van der Waals surface area contributed by atoms with Crippen molar-refractivity contribution in [2.45, 2.75) is 51.7 Å². The molecule has 1 heterocycles. The first-order valence-electron chi connectivity index (χ1n) is 8.42. The molecule has 0 amide bonds. The maximum atomic E-state index is 5.83. The highest BCUT2D eigenvalue weighted by atomic mass is 16.6. The summed E-state index contributed by atoms with van der Waals surface area (Å²) in [5.41, 5.74) is 0. The molecule has 5 heteroatoms. The minimum atomic E-state index is 0.332. The SMILES string of the molecule is CCCCOCCOCCOCCOC1CCCNC1C. The van der Waals surface area contributed by atoms with Gasteiger partial charge in [0, 0.05) is 12.6 Å². The summed E-state index contributed by atoms with van der Waals surface area (Å²) in [4.78, 5) is 0. The molecule has 0 aliphatic carbocycles. The van der Waals surface area contributed by atoms with Gasteiger partial charge in [-0.05, 0) is 32.7 Å². The van der Waals surface area contributed by atoms with Crippen molar-refractivity contribution in [3.63, 3.8) is 0 Å². The Balaban J connectivity index is 1.76. The Bertz CT molecular complexity index is 228. The van der Waals surface area contributed by atoms with Crippen LogP contribution in [0.2, 0.25) is 0 Å². The second kappa shape index (κ2) is 13.5. The van der Waals surface area contributed by atoms with E-state index in [9.17, 15) is 0 Å². The lowest BCUT2D eigenvalue weighted by Crippen LogP contribution is -2.44. The van der Waals surface area contributed by atoms with Gasteiger partial charge >= 0.3 is 0 Å². The van der Waals surface area contributed by atoms with E-state index in [1.807, 2.05) is 0 Å². The Morgan fingerprint density at radius 1 is 0.905 bits per heavy atom. The Hall–Kier alpha value is -0.200. The highest BCUT2D eigenvalue weighted by Gasteiger charge is 2.20. The summed E-state index contributed by atoms with van der Waals surface area (Å²) in [6.07, 6.45) is 4.98. The number of hydrogen-bond donors (Lipinski definition) is 1. The summed E-state index contributed by atoms with van der Waals surface area (Å²) in [6, 6.07) is 0.454. The molecule has 0 aromatic carbocycles. The van der Waals surface area contributed by atoms with Crippen LogP contribution in [0.5, 0.6) is 0 Å². The molecule has 2 atom stereocenters. The van der Waals surface area contributed by atoms with Crippen LogP contribution in [0, 0.1) is 0 Å². The summed E-state index contributed by atoms with van der Waals surface area (Å²) in [7, 11) is 0. The van der Waals surface area contributed by atoms with Crippen LogP contribution in [0.3, 0.4) is 0 Å². The molecule has 0 radical (unpaired) electrons. The predicted molar refractivity (Wildman–Crippen MR) is 83.8 cm³/mol. The molecule has 1 saturated heterocycles. The Kier molecular flexibility index (Phi) is 12.1. The normalized spacial score (nSPS) is 22.6. The fraction of sp³-hybridized carbons (Fsp3) is 1.00. The van der Waals surface area contributed by atoms with Gasteiger partial charge in [0.2, 0.25) is 0 Å². The molecule has 1 aliphatic rings. The molecule has 1 rings (SSSR count). The van der Waals surface area contributed by atoms with Gasteiger partial charge in [0.15, 0.2) is 0 Å². The third-order valence-electron chi connectivity index (χ3n) is 3.64. The predicted octanol–water partition coefficient (Wildman–Crippen LogP) is 1.99. The van der Waals surface area contributed by atoms with E-state index < -0.39 is 0 Å². The van der Waals surface area contributed by atoms with Crippen LogP contribution in [0.25, 0.3) is 0 Å². The van der Waals surface area contributed by atoms with Crippen LogP contribution in [0.1, 0.15) is 39.5 Å². The zero-order valence-corrected chi connectivity index (χ0v) is 13.8. The number of nitrogens with one attached hydrogen (secondary N) is 1. The van der Waals surface area contributed by atoms with E-state index in [2.05, 4.69) is 19.2 Å². The Labute approximate surface area is 129 Å². The van der Waals surface area contributed by atoms with Crippen molar-refractivity contribution in [1.82, 2.24) is 5.32 Å². The van der Waals surface area contributed by atoms with Gasteiger partial charge in [-0.1, -0.05) is 13.3 Å². The van der Waals surface area contributed by atoms with Gasteiger partial charge < -0.3 is 24.3 Å². The van der Waals surface area contributed by atoms with Crippen molar-refractivity contribution in [2.75, 3.05) is 52.8 Å². The fourth-order valence-corrected chi connectivity index (χ4v) is 2.29. The van der Waals surface area contributed by atoms with Gasteiger partial charge in [-0.15, -0.1) is 0 Å². The lowest BCUT2D eigenvalue weighted by atomic mass is 10.0. The minimum absolute atomic E-state index is 0.332. The van der Waals surface area contributed by atoms with E-state index in [0.717, 1.165) is 26.0 Å². The molecular formula is C16H33NO4. The summed E-state index contributed by atoms with van der Waals surface area (Å²) in [6.45, 7) is 10.2. The van der Waals surface area contributed by atoms with Crippen molar-refractivity contribution >= 4 is 0 Å². The van der Waals surface area contributed by atoms with Gasteiger partial charge in [-0.25, -0.2) is 0 Å².